The van der Waals surface area contributed by atoms with Crippen LogP contribution in [-0.4, -0.2) is 67.0 Å². The summed E-state index contributed by atoms with van der Waals surface area (Å²) in [5.41, 5.74) is 0. The molecule has 1 fully saturated rings. The Kier molecular flexibility index (Phi) is 5.60. The number of hydrogen-bond donors (Lipinski definition) is 0. The Bertz CT molecular complexity index is 983. The molecule has 0 bridgehead atoms. The zero-order valence-corrected chi connectivity index (χ0v) is 16.6. The van der Waals surface area contributed by atoms with Crippen molar-refractivity contribution >= 4 is 20.0 Å². The lowest BCUT2D eigenvalue weighted by atomic mass is 9.98. The monoisotopic (exact) mass is 415 g/mol. The fourth-order valence-corrected chi connectivity index (χ4v) is 4.86. The Morgan fingerprint density at radius 1 is 1.26 bits per heavy atom. The minimum Gasteiger partial charge on any atom is -0.338 e. The van der Waals surface area contributed by atoms with Crippen molar-refractivity contribution in [1.82, 2.24) is 23.7 Å². The molecule has 27 heavy (non-hydrogen) atoms. The Labute approximate surface area is 158 Å². The molecule has 0 saturated carbocycles. The molecule has 0 atom stereocenters. The van der Waals surface area contributed by atoms with Gasteiger partial charge >= 0.3 is 0 Å². The third kappa shape index (κ3) is 4.51. The maximum atomic E-state index is 12.5. The van der Waals surface area contributed by atoms with Crippen LogP contribution in [0.15, 0.2) is 33.9 Å². The summed E-state index contributed by atoms with van der Waals surface area (Å²) >= 11 is 0. The molecule has 0 N–H and O–H groups in total. The molecular formula is C15H21N5O5S2. The first-order chi connectivity index (χ1) is 12.7. The van der Waals surface area contributed by atoms with E-state index in [2.05, 4.69) is 15.1 Å². The smallest absolute Gasteiger partial charge is 0.244 e. The zero-order valence-electron chi connectivity index (χ0n) is 15.0. The van der Waals surface area contributed by atoms with Crippen LogP contribution in [0.25, 0.3) is 0 Å². The molecule has 2 aromatic rings. The van der Waals surface area contributed by atoms with Crippen molar-refractivity contribution in [1.29, 1.82) is 0 Å². The van der Waals surface area contributed by atoms with Crippen LogP contribution in [0.4, 0.5) is 0 Å². The fraction of sp³-hybridized carbons (Fsp3) is 0.533. The molecule has 1 aliphatic heterocycles. The lowest BCUT2D eigenvalue weighted by Crippen LogP contribution is -2.37. The van der Waals surface area contributed by atoms with E-state index >= 15 is 0 Å². The van der Waals surface area contributed by atoms with E-state index < -0.39 is 20.0 Å². The molecule has 1 aliphatic rings. The average molecular weight is 415 g/mol. The van der Waals surface area contributed by atoms with Crippen molar-refractivity contribution < 1.29 is 21.4 Å². The van der Waals surface area contributed by atoms with Crippen molar-refractivity contribution in [3.63, 3.8) is 0 Å². The normalized spacial score (nSPS) is 17.4. The average Bonchev–Trinajstić information content (AvgIpc) is 3.10. The van der Waals surface area contributed by atoms with E-state index in [1.54, 1.807) is 6.07 Å². The van der Waals surface area contributed by atoms with Gasteiger partial charge in [-0.15, -0.1) is 0 Å². The molecule has 0 aliphatic carbocycles. The Morgan fingerprint density at radius 2 is 1.96 bits per heavy atom. The summed E-state index contributed by atoms with van der Waals surface area (Å²) in [6.07, 6.45) is 5.16. The number of piperidine rings is 1. The van der Waals surface area contributed by atoms with E-state index in [4.69, 9.17) is 4.52 Å². The molecule has 0 radical (unpaired) electrons. The summed E-state index contributed by atoms with van der Waals surface area (Å²) in [6, 6.07) is 3.02. The molecule has 0 spiro atoms. The quantitative estimate of drug-likeness (QED) is 0.664. The van der Waals surface area contributed by atoms with Crippen molar-refractivity contribution in [3.05, 3.63) is 36.2 Å². The zero-order chi connectivity index (χ0) is 19.7. The highest BCUT2D eigenvalue weighted by Gasteiger charge is 2.29. The molecular weight excluding hydrogens is 394 g/mol. The highest BCUT2D eigenvalue weighted by molar-refractivity contribution is 7.89. The molecule has 1 saturated heterocycles. The van der Waals surface area contributed by atoms with Gasteiger partial charge in [0.05, 0.1) is 12.8 Å². The number of nitrogens with zero attached hydrogens (tertiary/aromatic N) is 5. The minimum atomic E-state index is -3.71. The van der Waals surface area contributed by atoms with Crippen LogP contribution in [-0.2, 0) is 26.6 Å². The minimum absolute atomic E-state index is 0.0132. The number of pyridine rings is 1. The fourth-order valence-electron chi connectivity index (χ4n) is 2.90. The highest BCUT2D eigenvalue weighted by Crippen LogP contribution is 2.27. The first kappa shape index (κ1) is 19.9. The predicted octanol–water partition coefficient (Wildman–Crippen LogP) is 0.424. The van der Waals surface area contributed by atoms with E-state index in [0.717, 1.165) is 4.31 Å². The summed E-state index contributed by atoms with van der Waals surface area (Å²) in [5, 5.41) is 3.95. The lowest BCUT2D eigenvalue weighted by molar-refractivity contribution is 0.302. The Morgan fingerprint density at radius 3 is 2.56 bits per heavy atom. The molecule has 0 amide bonds. The molecule has 0 unspecified atom stereocenters. The maximum Gasteiger partial charge on any atom is 0.244 e. The van der Waals surface area contributed by atoms with Gasteiger partial charge in [-0.3, -0.25) is 4.98 Å². The first-order valence-electron chi connectivity index (χ1n) is 8.32. The molecule has 3 rings (SSSR count). The number of sulfonamides is 2. The Hall–Kier alpha value is -1.89. The van der Waals surface area contributed by atoms with Gasteiger partial charge in [0.2, 0.25) is 25.9 Å². The van der Waals surface area contributed by atoms with E-state index in [-0.39, 0.29) is 23.2 Å². The first-order valence-corrected chi connectivity index (χ1v) is 11.6. The van der Waals surface area contributed by atoms with E-state index in [0.29, 0.717) is 31.8 Å². The van der Waals surface area contributed by atoms with Gasteiger partial charge in [0.25, 0.3) is 0 Å². The van der Waals surface area contributed by atoms with Crippen molar-refractivity contribution in [2.24, 2.45) is 0 Å². The topological polar surface area (TPSA) is 127 Å². The largest absolute Gasteiger partial charge is 0.338 e. The lowest BCUT2D eigenvalue weighted by Gasteiger charge is -2.28. The van der Waals surface area contributed by atoms with Crippen LogP contribution in [0.5, 0.6) is 0 Å². The van der Waals surface area contributed by atoms with Crippen LogP contribution in [0.2, 0.25) is 0 Å². The molecule has 12 heteroatoms. The summed E-state index contributed by atoms with van der Waals surface area (Å²) < 4.78 is 55.9. The maximum absolute atomic E-state index is 12.5. The predicted molar refractivity (Wildman–Crippen MR) is 95.6 cm³/mol. The van der Waals surface area contributed by atoms with Crippen LogP contribution >= 0.6 is 0 Å². The van der Waals surface area contributed by atoms with E-state index in [1.807, 2.05) is 0 Å². The summed E-state index contributed by atoms with van der Waals surface area (Å²) in [4.78, 5) is 8.21. The molecule has 0 aromatic carbocycles. The second-order valence-corrected chi connectivity index (χ2v) is 10.5. The van der Waals surface area contributed by atoms with Gasteiger partial charge in [-0.05, 0) is 25.0 Å². The Balaban J connectivity index is 1.65. The third-order valence-electron chi connectivity index (χ3n) is 4.47. The van der Waals surface area contributed by atoms with Gasteiger partial charge < -0.3 is 4.52 Å². The van der Waals surface area contributed by atoms with Crippen LogP contribution < -0.4 is 0 Å². The van der Waals surface area contributed by atoms with Crippen molar-refractivity contribution in [3.8, 4) is 0 Å². The molecule has 2 aromatic heterocycles. The number of aromatic nitrogens is 3. The van der Waals surface area contributed by atoms with Crippen LogP contribution in [0.3, 0.4) is 0 Å². The third-order valence-corrected chi connectivity index (χ3v) is 7.56. The van der Waals surface area contributed by atoms with Gasteiger partial charge in [0.15, 0.2) is 5.82 Å². The highest BCUT2D eigenvalue weighted by atomic mass is 32.2. The van der Waals surface area contributed by atoms with Gasteiger partial charge in [0.1, 0.15) is 4.90 Å². The van der Waals surface area contributed by atoms with Gasteiger partial charge in [0, 0.05) is 38.4 Å². The van der Waals surface area contributed by atoms with Crippen molar-refractivity contribution in [2.75, 3.05) is 26.4 Å². The second-order valence-electron chi connectivity index (χ2n) is 6.43. The molecule has 3 heterocycles. The van der Waals surface area contributed by atoms with Gasteiger partial charge in [-0.1, -0.05) is 5.16 Å². The SMILES string of the molecule is CN(Cc1nc(C2CCN(S(C)(=O)=O)CC2)no1)S(=O)(=O)c1cccnc1. The summed E-state index contributed by atoms with van der Waals surface area (Å²) in [7, 11) is -5.47. The molecule has 148 valence electrons. The van der Waals surface area contributed by atoms with Gasteiger partial charge in [-0.25, -0.2) is 21.1 Å². The van der Waals surface area contributed by atoms with Gasteiger partial charge in [-0.2, -0.15) is 9.29 Å². The standard InChI is InChI=1S/C15H21N5O5S2/c1-19(27(23,24)13-4-3-7-16-10-13)11-14-17-15(18-25-14)12-5-8-20(9-6-12)26(2,21)22/h3-4,7,10,12H,5-6,8-9,11H2,1-2H3. The van der Waals surface area contributed by atoms with Crippen LogP contribution in [0, 0.1) is 0 Å². The van der Waals surface area contributed by atoms with Crippen LogP contribution in [0.1, 0.15) is 30.5 Å². The summed E-state index contributed by atoms with van der Waals surface area (Å²) in [5.74, 6) is 0.650. The number of hydrogen-bond acceptors (Lipinski definition) is 8. The molecule has 10 nitrogen and oxygen atoms in total. The number of rotatable bonds is 6. The van der Waals surface area contributed by atoms with E-state index in [9.17, 15) is 16.8 Å². The van der Waals surface area contributed by atoms with E-state index in [1.165, 1.54) is 36.1 Å². The van der Waals surface area contributed by atoms with Crippen molar-refractivity contribution in [2.45, 2.75) is 30.2 Å². The second kappa shape index (κ2) is 7.62. The summed E-state index contributed by atoms with van der Waals surface area (Å²) in [6.45, 7) is 0.748.